The number of aromatic nitrogens is 2. The molecule has 0 aliphatic heterocycles. The first-order chi connectivity index (χ1) is 7.49. The van der Waals surface area contributed by atoms with Crippen molar-refractivity contribution in [3.8, 4) is 0 Å². The number of carboxylic acid groups (broad SMARTS) is 1. The summed E-state index contributed by atoms with van der Waals surface area (Å²) in [4.78, 5) is 10.6. The molecule has 2 unspecified atom stereocenters. The number of carboxylic acids is 1. The van der Waals surface area contributed by atoms with Crippen molar-refractivity contribution < 1.29 is 14.1 Å². The zero-order valence-electron chi connectivity index (χ0n) is 9.42. The second-order valence-corrected chi connectivity index (χ2v) is 5.44. The summed E-state index contributed by atoms with van der Waals surface area (Å²) >= 11 is 0. The van der Waals surface area contributed by atoms with Gasteiger partial charge in [-0.25, -0.2) is 0 Å². The fourth-order valence-corrected chi connectivity index (χ4v) is 2.60. The van der Waals surface area contributed by atoms with Crippen molar-refractivity contribution >= 4 is 16.8 Å². The first-order valence-corrected chi connectivity index (χ1v) is 6.53. The summed E-state index contributed by atoms with van der Waals surface area (Å²) in [5, 5.41) is 12.7. The smallest absolute Gasteiger partial charge is 0.307 e. The SMILES string of the molecule is CC(CS(=O)CCc1cnn(C)c1)C(=O)O. The Bertz CT molecular complexity index is 389. The Morgan fingerprint density at radius 1 is 1.69 bits per heavy atom. The number of hydrogen-bond acceptors (Lipinski definition) is 3. The summed E-state index contributed by atoms with van der Waals surface area (Å²) < 4.78 is 13.3. The Hall–Kier alpha value is -1.17. The molecule has 1 aromatic rings. The van der Waals surface area contributed by atoms with Gasteiger partial charge in [0.15, 0.2) is 0 Å². The fraction of sp³-hybridized carbons (Fsp3) is 0.600. The molecular weight excluding hydrogens is 228 g/mol. The molecule has 1 aromatic heterocycles. The molecule has 0 saturated heterocycles. The highest BCUT2D eigenvalue weighted by Crippen LogP contribution is 2.03. The Labute approximate surface area is 96.9 Å². The van der Waals surface area contributed by atoms with Crippen LogP contribution in [0.3, 0.4) is 0 Å². The van der Waals surface area contributed by atoms with Gasteiger partial charge in [0, 0.05) is 35.5 Å². The number of carbonyl (C=O) groups is 1. The molecule has 1 rings (SSSR count). The van der Waals surface area contributed by atoms with E-state index >= 15 is 0 Å². The predicted octanol–water partition coefficient (Wildman–Crippen LogP) is 0.432. The fourth-order valence-electron chi connectivity index (χ4n) is 1.27. The maximum absolute atomic E-state index is 11.6. The van der Waals surface area contributed by atoms with Crippen LogP contribution in [0, 0.1) is 5.92 Å². The molecule has 2 atom stereocenters. The molecule has 6 heteroatoms. The van der Waals surface area contributed by atoms with Crippen molar-refractivity contribution in [3.05, 3.63) is 18.0 Å². The van der Waals surface area contributed by atoms with E-state index in [4.69, 9.17) is 5.11 Å². The van der Waals surface area contributed by atoms with Gasteiger partial charge < -0.3 is 5.11 Å². The Morgan fingerprint density at radius 3 is 2.88 bits per heavy atom. The molecule has 1 N–H and O–H groups in total. The van der Waals surface area contributed by atoms with Gasteiger partial charge >= 0.3 is 5.97 Å². The van der Waals surface area contributed by atoms with Gasteiger partial charge in [0.05, 0.1) is 12.1 Å². The molecule has 0 aliphatic carbocycles. The molecule has 0 aromatic carbocycles. The van der Waals surface area contributed by atoms with Crippen molar-refractivity contribution in [3.63, 3.8) is 0 Å². The van der Waals surface area contributed by atoms with Crippen LogP contribution in [0.2, 0.25) is 0 Å². The highest BCUT2D eigenvalue weighted by molar-refractivity contribution is 7.85. The van der Waals surface area contributed by atoms with Gasteiger partial charge in [-0.05, 0) is 12.0 Å². The van der Waals surface area contributed by atoms with Crippen molar-refractivity contribution in [2.45, 2.75) is 13.3 Å². The molecule has 0 saturated carbocycles. The molecule has 0 amide bonds. The van der Waals surface area contributed by atoms with Crippen molar-refractivity contribution in [2.75, 3.05) is 11.5 Å². The highest BCUT2D eigenvalue weighted by Gasteiger charge is 2.14. The number of aryl methyl sites for hydroxylation is 2. The monoisotopic (exact) mass is 244 g/mol. The van der Waals surface area contributed by atoms with E-state index in [2.05, 4.69) is 5.10 Å². The van der Waals surface area contributed by atoms with Crippen LogP contribution in [0.4, 0.5) is 0 Å². The molecule has 16 heavy (non-hydrogen) atoms. The Morgan fingerprint density at radius 2 is 2.38 bits per heavy atom. The summed E-state index contributed by atoms with van der Waals surface area (Å²) in [7, 11) is 0.747. The zero-order chi connectivity index (χ0) is 12.1. The number of hydrogen-bond donors (Lipinski definition) is 1. The van der Waals surface area contributed by atoms with Gasteiger partial charge in [-0.2, -0.15) is 5.10 Å². The lowest BCUT2D eigenvalue weighted by atomic mass is 10.2. The first kappa shape index (κ1) is 12.9. The summed E-state index contributed by atoms with van der Waals surface area (Å²) in [6.45, 7) is 1.57. The second-order valence-electron chi connectivity index (χ2n) is 3.82. The van der Waals surface area contributed by atoms with Crippen LogP contribution in [-0.2, 0) is 29.1 Å². The third-order valence-electron chi connectivity index (χ3n) is 2.23. The Kier molecular flexibility index (Phi) is 4.67. The van der Waals surface area contributed by atoms with Crippen LogP contribution in [0.15, 0.2) is 12.4 Å². The molecule has 0 bridgehead atoms. The van der Waals surface area contributed by atoms with E-state index in [1.54, 1.807) is 17.8 Å². The van der Waals surface area contributed by atoms with Gasteiger partial charge in [-0.3, -0.25) is 13.7 Å². The minimum absolute atomic E-state index is 0.218. The second kappa shape index (κ2) is 5.79. The third kappa shape index (κ3) is 4.14. The van der Waals surface area contributed by atoms with Crippen molar-refractivity contribution in [1.29, 1.82) is 0 Å². The molecule has 0 fully saturated rings. The largest absolute Gasteiger partial charge is 0.481 e. The van der Waals surface area contributed by atoms with E-state index in [9.17, 15) is 9.00 Å². The number of nitrogens with zero attached hydrogens (tertiary/aromatic N) is 2. The maximum atomic E-state index is 11.6. The van der Waals surface area contributed by atoms with E-state index in [0.29, 0.717) is 12.2 Å². The zero-order valence-corrected chi connectivity index (χ0v) is 10.2. The lowest BCUT2D eigenvalue weighted by molar-refractivity contribution is -0.140. The molecule has 0 aliphatic rings. The molecule has 5 nitrogen and oxygen atoms in total. The average Bonchev–Trinajstić information content (AvgIpc) is 2.61. The van der Waals surface area contributed by atoms with Crippen LogP contribution >= 0.6 is 0 Å². The Balaban J connectivity index is 2.33. The van der Waals surface area contributed by atoms with Crippen molar-refractivity contribution in [1.82, 2.24) is 9.78 Å². The van der Waals surface area contributed by atoms with Crippen LogP contribution in [0.25, 0.3) is 0 Å². The quantitative estimate of drug-likeness (QED) is 0.787. The predicted molar refractivity (Wildman–Crippen MR) is 61.6 cm³/mol. The van der Waals surface area contributed by atoms with E-state index in [1.807, 2.05) is 13.2 Å². The van der Waals surface area contributed by atoms with Gasteiger partial charge in [-0.15, -0.1) is 0 Å². The van der Waals surface area contributed by atoms with E-state index in [-0.39, 0.29) is 5.75 Å². The van der Waals surface area contributed by atoms with Gasteiger partial charge in [0.1, 0.15) is 0 Å². The number of aliphatic carboxylic acids is 1. The molecule has 90 valence electrons. The lowest BCUT2D eigenvalue weighted by Crippen LogP contribution is -2.19. The maximum Gasteiger partial charge on any atom is 0.307 e. The molecule has 1 heterocycles. The summed E-state index contributed by atoms with van der Waals surface area (Å²) in [5.41, 5.74) is 1.03. The van der Waals surface area contributed by atoms with E-state index in [0.717, 1.165) is 5.56 Å². The summed E-state index contributed by atoms with van der Waals surface area (Å²) in [6, 6.07) is 0. The van der Waals surface area contributed by atoms with Gasteiger partial charge in [0.25, 0.3) is 0 Å². The third-order valence-corrected chi connectivity index (χ3v) is 3.77. The average molecular weight is 244 g/mol. The molecular formula is C10H16N2O3S. The van der Waals surface area contributed by atoms with Gasteiger partial charge in [0.2, 0.25) is 0 Å². The standard InChI is InChI=1S/C10H16N2O3S/c1-8(10(13)14)7-16(15)4-3-9-5-11-12(2)6-9/h5-6,8H,3-4,7H2,1-2H3,(H,13,14). The molecule has 0 radical (unpaired) electrons. The minimum atomic E-state index is -1.08. The first-order valence-electron chi connectivity index (χ1n) is 5.04. The van der Waals surface area contributed by atoms with E-state index < -0.39 is 22.7 Å². The molecule has 0 spiro atoms. The normalized spacial score (nSPS) is 14.6. The van der Waals surface area contributed by atoms with Crippen LogP contribution in [0.1, 0.15) is 12.5 Å². The van der Waals surface area contributed by atoms with Gasteiger partial charge in [-0.1, -0.05) is 6.92 Å². The summed E-state index contributed by atoms with van der Waals surface area (Å²) in [6.07, 6.45) is 4.28. The van der Waals surface area contributed by atoms with Crippen LogP contribution in [0.5, 0.6) is 0 Å². The van der Waals surface area contributed by atoms with E-state index in [1.165, 1.54) is 0 Å². The topological polar surface area (TPSA) is 72.2 Å². The number of rotatable bonds is 6. The van der Waals surface area contributed by atoms with Crippen LogP contribution in [-0.4, -0.2) is 36.6 Å². The van der Waals surface area contributed by atoms with Crippen molar-refractivity contribution in [2.24, 2.45) is 13.0 Å². The summed E-state index contributed by atoms with van der Waals surface area (Å²) in [5.74, 6) is -0.733. The lowest BCUT2D eigenvalue weighted by Gasteiger charge is -2.05. The minimum Gasteiger partial charge on any atom is -0.481 e. The van der Waals surface area contributed by atoms with Crippen LogP contribution < -0.4 is 0 Å². The highest BCUT2D eigenvalue weighted by atomic mass is 32.2.